The molecule has 0 bridgehead atoms. The molecule has 2 heterocycles. The molecule has 2 rings (SSSR count). The molecule has 4 nitrogen and oxygen atoms in total. The van der Waals surface area contributed by atoms with Gasteiger partial charge in [-0.05, 0) is 50.3 Å². The van der Waals surface area contributed by atoms with E-state index in [4.69, 9.17) is 4.74 Å². The number of hydrogen-bond acceptors (Lipinski definition) is 4. The molecule has 0 aromatic carbocycles. The van der Waals surface area contributed by atoms with Gasteiger partial charge in [-0.15, -0.1) is 0 Å². The molecule has 0 saturated carbocycles. The van der Waals surface area contributed by atoms with Crippen molar-refractivity contribution in [3.05, 3.63) is 23.9 Å². The highest BCUT2D eigenvalue weighted by Crippen LogP contribution is 2.19. The van der Waals surface area contributed by atoms with Crippen molar-refractivity contribution in [2.75, 3.05) is 38.3 Å². The van der Waals surface area contributed by atoms with E-state index in [2.05, 4.69) is 48.2 Å². The van der Waals surface area contributed by atoms with E-state index in [0.717, 1.165) is 38.5 Å². The molecule has 1 aromatic rings. The molecule has 4 heteroatoms. The second-order valence-corrected chi connectivity index (χ2v) is 6.09. The minimum Gasteiger partial charge on any atom is -0.381 e. The lowest BCUT2D eigenvalue weighted by molar-refractivity contribution is 0.0576. The van der Waals surface area contributed by atoms with Gasteiger partial charge in [-0.25, -0.2) is 4.98 Å². The zero-order valence-corrected chi connectivity index (χ0v) is 13.6. The van der Waals surface area contributed by atoms with Crippen molar-refractivity contribution in [1.29, 1.82) is 0 Å². The molecule has 118 valence electrons. The van der Waals surface area contributed by atoms with Crippen molar-refractivity contribution in [3.63, 3.8) is 0 Å². The molecule has 1 aliphatic heterocycles. The molecule has 1 aromatic heterocycles. The topological polar surface area (TPSA) is 37.4 Å². The van der Waals surface area contributed by atoms with E-state index in [0.29, 0.717) is 12.0 Å². The van der Waals surface area contributed by atoms with Crippen molar-refractivity contribution in [2.24, 2.45) is 5.92 Å². The Morgan fingerprint density at radius 2 is 2.33 bits per heavy atom. The Morgan fingerprint density at radius 3 is 2.95 bits per heavy atom. The average molecular weight is 291 g/mol. The SMILES string of the molecule is CCCNC(C)c1ccc(N(C)CC2CCCOC2)nc1. The number of rotatable bonds is 7. The minimum atomic E-state index is 0.364. The third kappa shape index (κ3) is 4.97. The molecule has 0 spiro atoms. The molecular formula is C17H29N3O. The quantitative estimate of drug-likeness (QED) is 0.838. The van der Waals surface area contributed by atoms with Crippen LogP contribution in [-0.4, -0.2) is 38.3 Å². The number of nitrogens with zero attached hydrogens (tertiary/aromatic N) is 2. The number of nitrogens with one attached hydrogen (secondary N) is 1. The lowest BCUT2D eigenvalue weighted by Crippen LogP contribution is -2.31. The first kappa shape index (κ1) is 16.2. The summed E-state index contributed by atoms with van der Waals surface area (Å²) in [5.74, 6) is 1.68. The molecule has 0 amide bonds. The van der Waals surface area contributed by atoms with Gasteiger partial charge >= 0.3 is 0 Å². The maximum absolute atomic E-state index is 5.55. The number of anilines is 1. The summed E-state index contributed by atoms with van der Waals surface area (Å²) < 4.78 is 5.55. The zero-order chi connectivity index (χ0) is 15.1. The van der Waals surface area contributed by atoms with Gasteiger partial charge in [-0.3, -0.25) is 0 Å². The van der Waals surface area contributed by atoms with Crippen LogP contribution in [0.4, 0.5) is 5.82 Å². The van der Waals surface area contributed by atoms with E-state index >= 15 is 0 Å². The Hall–Kier alpha value is -1.13. The standard InChI is InChI=1S/C17H29N3O/c1-4-9-18-14(2)16-7-8-17(19-11-16)20(3)12-15-6-5-10-21-13-15/h7-8,11,14-15,18H,4-6,9-10,12-13H2,1-3H3. The Balaban J connectivity index is 1.88. The monoisotopic (exact) mass is 291 g/mol. The van der Waals surface area contributed by atoms with Gasteiger partial charge < -0.3 is 15.0 Å². The number of ether oxygens (including phenoxy) is 1. The fourth-order valence-electron chi connectivity index (χ4n) is 2.79. The molecule has 21 heavy (non-hydrogen) atoms. The third-order valence-corrected chi connectivity index (χ3v) is 4.15. The molecule has 1 fully saturated rings. The van der Waals surface area contributed by atoms with Crippen LogP contribution in [0.3, 0.4) is 0 Å². The van der Waals surface area contributed by atoms with Crippen molar-refractivity contribution in [2.45, 2.75) is 39.2 Å². The zero-order valence-electron chi connectivity index (χ0n) is 13.6. The number of aromatic nitrogens is 1. The summed E-state index contributed by atoms with van der Waals surface area (Å²) in [6.07, 6.45) is 5.60. The largest absolute Gasteiger partial charge is 0.381 e. The summed E-state index contributed by atoms with van der Waals surface area (Å²) >= 11 is 0. The van der Waals surface area contributed by atoms with Crippen LogP contribution in [0.25, 0.3) is 0 Å². The minimum absolute atomic E-state index is 0.364. The Morgan fingerprint density at radius 1 is 1.48 bits per heavy atom. The molecule has 2 unspecified atom stereocenters. The Labute approximate surface area is 128 Å². The summed E-state index contributed by atoms with van der Waals surface area (Å²) in [6.45, 7) is 8.26. The van der Waals surface area contributed by atoms with Gasteiger partial charge in [0.2, 0.25) is 0 Å². The summed E-state index contributed by atoms with van der Waals surface area (Å²) in [6, 6.07) is 4.68. The van der Waals surface area contributed by atoms with Crippen LogP contribution in [0.15, 0.2) is 18.3 Å². The first-order valence-corrected chi connectivity index (χ1v) is 8.19. The van der Waals surface area contributed by atoms with Crippen LogP contribution >= 0.6 is 0 Å². The lowest BCUT2D eigenvalue weighted by Gasteiger charge is -2.28. The van der Waals surface area contributed by atoms with Crippen LogP contribution in [0.2, 0.25) is 0 Å². The predicted octanol–water partition coefficient (Wildman–Crippen LogP) is 3.01. The van der Waals surface area contributed by atoms with Gasteiger partial charge in [0.1, 0.15) is 5.82 Å². The normalized spacial score (nSPS) is 20.2. The van der Waals surface area contributed by atoms with Gasteiger partial charge in [0.05, 0.1) is 6.61 Å². The first-order chi connectivity index (χ1) is 10.2. The molecule has 2 atom stereocenters. The lowest BCUT2D eigenvalue weighted by atomic mass is 10.0. The molecule has 0 aliphatic carbocycles. The molecular weight excluding hydrogens is 262 g/mol. The van der Waals surface area contributed by atoms with E-state index in [9.17, 15) is 0 Å². The fourth-order valence-corrected chi connectivity index (χ4v) is 2.79. The maximum Gasteiger partial charge on any atom is 0.128 e. The fraction of sp³-hybridized carbons (Fsp3) is 0.706. The van der Waals surface area contributed by atoms with Crippen molar-refractivity contribution < 1.29 is 4.74 Å². The van der Waals surface area contributed by atoms with Crippen molar-refractivity contribution in [3.8, 4) is 0 Å². The summed E-state index contributed by atoms with van der Waals surface area (Å²) in [7, 11) is 2.12. The van der Waals surface area contributed by atoms with E-state index < -0.39 is 0 Å². The summed E-state index contributed by atoms with van der Waals surface area (Å²) in [5.41, 5.74) is 1.25. The highest BCUT2D eigenvalue weighted by molar-refractivity contribution is 5.38. The predicted molar refractivity (Wildman–Crippen MR) is 87.8 cm³/mol. The average Bonchev–Trinajstić information content (AvgIpc) is 2.53. The second-order valence-electron chi connectivity index (χ2n) is 6.09. The first-order valence-electron chi connectivity index (χ1n) is 8.19. The van der Waals surface area contributed by atoms with Crippen LogP contribution in [0.1, 0.15) is 44.7 Å². The number of hydrogen-bond donors (Lipinski definition) is 1. The van der Waals surface area contributed by atoms with E-state index in [1.807, 2.05) is 6.20 Å². The summed E-state index contributed by atoms with van der Waals surface area (Å²) in [5, 5.41) is 3.49. The van der Waals surface area contributed by atoms with E-state index in [1.165, 1.54) is 18.4 Å². The van der Waals surface area contributed by atoms with Gasteiger partial charge in [0.15, 0.2) is 0 Å². The summed E-state index contributed by atoms with van der Waals surface area (Å²) in [4.78, 5) is 6.86. The van der Waals surface area contributed by atoms with Gasteiger partial charge in [0, 0.05) is 32.4 Å². The second kappa shape index (κ2) is 8.35. The van der Waals surface area contributed by atoms with Crippen molar-refractivity contribution in [1.82, 2.24) is 10.3 Å². The Kier molecular flexibility index (Phi) is 6.46. The van der Waals surface area contributed by atoms with Gasteiger partial charge in [-0.1, -0.05) is 13.0 Å². The van der Waals surface area contributed by atoms with Crippen molar-refractivity contribution >= 4 is 5.82 Å². The Bertz CT molecular complexity index is 401. The van der Waals surface area contributed by atoms with Crippen LogP contribution < -0.4 is 10.2 Å². The third-order valence-electron chi connectivity index (χ3n) is 4.15. The van der Waals surface area contributed by atoms with Gasteiger partial charge in [-0.2, -0.15) is 0 Å². The van der Waals surface area contributed by atoms with Crippen LogP contribution in [0, 0.1) is 5.92 Å². The smallest absolute Gasteiger partial charge is 0.128 e. The van der Waals surface area contributed by atoms with E-state index in [1.54, 1.807) is 0 Å². The highest BCUT2D eigenvalue weighted by atomic mass is 16.5. The van der Waals surface area contributed by atoms with E-state index in [-0.39, 0.29) is 0 Å². The molecule has 1 saturated heterocycles. The molecule has 1 N–H and O–H groups in total. The molecule has 1 aliphatic rings. The number of pyridine rings is 1. The maximum atomic E-state index is 5.55. The molecule has 0 radical (unpaired) electrons. The highest BCUT2D eigenvalue weighted by Gasteiger charge is 2.16. The van der Waals surface area contributed by atoms with Crippen LogP contribution in [-0.2, 0) is 4.74 Å². The van der Waals surface area contributed by atoms with Crippen LogP contribution in [0.5, 0.6) is 0 Å². The van der Waals surface area contributed by atoms with Gasteiger partial charge in [0.25, 0.3) is 0 Å².